The summed E-state index contributed by atoms with van der Waals surface area (Å²) in [7, 11) is 0. The van der Waals surface area contributed by atoms with Gasteiger partial charge in [0, 0.05) is 17.0 Å². The predicted octanol–water partition coefficient (Wildman–Crippen LogP) is 3.67. The van der Waals surface area contributed by atoms with Crippen LogP contribution >= 0.6 is 11.6 Å². The average Bonchev–Trinajstić information content (AvgIpc) is 3.03. The number of benzene rings is 2. The van der Waals surface area contributed by atoms with Gasteiger partial charge in [0.1, 0.15) is 23.9 Å². The summed E-state index contributed by atoms with van der Waals surface area (Å²) < 4.78 is 6.16. The van der Waals surface area contributed by atoms with Crippen molar-refractivity contribution in [3.8, 4) is 0 Å². The SMILES string of the molecule is Clc1ccccc1C1OC1(Cc1ncn[nH]1)c1ccccc1. The molecule has 2 atom stereocenters. The van der Waals surface area contributed by atoms with Gasteiger partial charge in [0.15, 0.2) is 0 Å². The number of aromatic nitrogens is 3. The lowest BCUT2D eigenvalue weighted by Crippen LogP contribution is -2.15. The smallest absolute Gasteiger partial charge is 0.137 e. The van der Waals surface area contributed by atoms with Crippen LogP contribution in [0.1, 0.15) is 23.1 Å². The van der Waals surface area contributed by atoms with Gasteiger partial charge in [-0.25, -0.2) is 4.98 Å². The molecule has 2 heterocycles. The molecule has 3 aromatic rings. The van der Waals surface area contributed by atoms with Gasteiger partial charge in [0.25, 0.3) is 0 Å². The number of ether oxygens (including phenoxy) is 1. The topological polar surface area (TPSA) is 54.1 Å². The second-order valence-corrected chi connectivity index (χ2v) is 5.79. The number of aromatic amines is 1. The van der Waals surface area contributed by atoms with E-state index in [0.29, 0.717) is 6.42 Å². The third kappa shape index (κ3) is 2.21. The molecule has 1 fully saturated rings. The lowest BCUT2D eigenvalue weighted by atomic mass is 9.88. The van der Waals surface area contributed by atoms with Gasteiger partial charge in [-0.05, 0) is 11.6 Å². The highest BCUT2D eigenvalue weighted by Gasteiger charge is 2.59. The molecular weight excluding hydrogens is 298 g/mol. The number of nitrogens with one attached hydrogen (secondary N) is 1. The van der Waals surface area contributed by atoms with E-state index in [0.717, 1.165) is 22.0 Å². The van der Waals surface area contributed by atoms with Crippen molar-refractivity contribution in [2.24, 2.45) is 0 Å². The zero-order valence-corrected chi connectivity index (χ0v) is 12.5. The van der Waals surface area contributed by atoms with Crippen molar-refractivity contribution in [1.82, 2.24) is 15.2 Å². The summed E-state index contributed by atoms with van der Waals surface area (Å²) in [5.74, 6) is 0.804. The van der Waals surface area contributed by atoms with Crippen LogP contribution < -0.4 is 0 Å². The van der Waals surface area contributed by atoms with Crippen LogP contribution in [0.25, 0.3) is 0 Å². The molecule has 4 nitrogen and oxygen atoms in total. The maximum absolute atomic E-state index is 6.34. The maximum atomic E-state index is 6.34. The Morgan fingerprint density at radius 2 is 1.86 bits per heavy atom. The number of nitrogens with zero attached hydrogens (tertiary/aromatic N) is 2. The Morgan fingerprint density at radius 1 is 1.09 bits per heavy atom. The average molecular weight is 312 g/mol. The molecule has 0 spiro atoms. The zero-order valence-electron chi connectivity index (χ0n) is 11.7. The quantitative estimate of drug-likeness (QED) is 0.748. The first-order valence-electron chi connectivity index (χ1n) is 7.11. The lowest BCUT2D eigenvalue weighted by molar-refractivity contribution is 0.292. The normalized spacial score (nSPS) is 23.4. The second kappa shape index (κ2) is 5.23. The van der Waals surface area contributed by atoms with Crippen LogP contribution in [0.2, 0.25) is 5.02 Å². The second-order valence-electron chi connectivity index (χ2n) is 5.38. The third-order valence-electron chi connectivity index (χ3n) is 4.04. The zero-order chi connectivity index (χ0) is 15.0. The molecule has 110 valence electrons. The van der Waals surface area contributed by atoms with Gasteiger partial charge in [0.05, 0.1) is 0 Å². The Hall–Kier alpha value is -2.17. The highest BCUT2D eigenvalue weighted by Crippen LogP contribution is 2.59. The number of epoxide rings is 1. The van der Waals surface area contributed by atoms with Gasteiger partial charge < -0.3 is 4.74 Å². The van der Waals surface area contributed by atoms with Crippen molar-refractivity contribution in [3.63, 3.8) is 0 Å². The number of hydrogen-bond donors (Lipinski definition) is 1. The number of H-pyrrole nitrogens is 1. The van der Waals surface area contributed by atoms with Crippen molar-refractivity contribution in [3.05, 3.63) is 82.9 Å². The molecule has 0 bridgehead atoms. The summed E-state index contributed by atoms with van der Waals surface area (Å²) in [6.07, 6.45) is 2.07. The fourth-order valence-electron chi connectivity index (χ4n) is 2.92. The van der Waals surface area contributed by atoms with Crippen molar-refractivity contribution < 1.29 is 4.74 Å². The molecule has 5 heteroatoms. The fraction of sp³-hybridized carbons (Fsp3) is 0.176. The molecule has 0 saturated carbocycles. The van der Waals surface area contributed by atoms with E-state index in [-0.39, 0.29) is 6.10 Å². The van der Waals surface area contributed by atoms with Crippen LogP contribution in [0.15, 0.2) is 60.9 Å². The minimum absolute atomic E-state index is 0.0753. The monoisotopic (exact) mass is 311 g/mol. The fourth-order valence-corrected chi connectivity index (χ4v) is 3.15. The molecule has 1 aliphatic rings. The molecule has 1 aromatic heterocycles. The third-order valence-corrected chi connectivity index (χ3v) is 4.38. The van der Waals surface area contributed by atoms with Crippen molar-refractivity contribution in [2.75, 3.05) is 0 Å². The van der Waals surface area contributed by atoms with E-state index in [4.69, 9.17) is 16.3 Å². The van der Waals surface area contributed by atoms with E-state index in [1.807, 2.05) is 42.5 Å². The van der Waals surface area contributed by atoms with Gasteiger partial charge in [-0.2, -0.15) is 5.10 Å². The number of halogens is 1. The highest BCUT2D eigenvalue weighted by molar-refractivity contribution is 6.31. The van der Waals surface area contributed by atoms with Gasteiger partial charge in [-0.3, -0.25) is 5.10 Å². The van der Waals surface area contributed by atoms with Crippen LogP contribution in [0.4, 0.5) is 0 Å². The Labute approximate surface area is 133 Å². The Bertz CT molecular complexity index is 776. The van der Waals surface area contributed by atoms with Crippen molar-refractivity contribution in [1.29, 1.82) is 0 Å². The van der Waals surface area contributed by atoms with Crippen LogP contribution in [0, 0.1) is 0 Å². The summed E-state index contributed by atoms with van der Waals surface area (Å²) >= 11 is 6.34. The minimum atomic E-state index is -0.439. The Morgan fingerprint density at radius 3 is 2.59 bits per heavy atom. The first kappa shape index (κ1) is 13.5. The van der Waals surface area contributed by atoms with Gasteiger partial charge >= 0.3 is 0 Å². The summed E-state index contributed by atoms with van der Waals surface area (Å²) in [5.41, 5.74) is 1.69. The molecule has 0 radical (unpaired) electrons. The molecule has 4 rings (SSSR count). The first-order chi connectivity index (χ1) is 10.8. The van der Waals surface area contributed by atoms with E-state index >= 15 is 0 Å². The maximum Gasteiger partial charge on any atom is 0.137 e. The number of hydrogen-bond acceptors (Lipinski definition) is 3. The summed E-state index contributed by atoms with van der Waals surface area (Å²) in [6.45, 7) is 0. The Kier molecular flexibility index (Phi) is 3.21. The summed E-state index contributed by atoms with van der Waals surface area (Å²) in [4.78, 5) is 4.24. The lowest BCUT2D eigenvalue weighted by Gasteiger charge is -2.12. The van der Waals surface area contributed by atoms with Crippen molar-refractivity contribution in [2.45, 2.75) is 18.1 Å². The van der Waals surface area contributed by atoms with Crippen LogP contribution in [-0.2, 0) is 16.8 Å². The molecule has 1 aliphatic heterocycles. The van der Waals surface area contributed by atoms with E-state index < -0.39 is 5.60 Å². The first-order valence-corrected chi connectivity index (χ1v) is 7.49. The highest BCUT2D eigenvalue weighted by atomic mass is 35.5. The van der Waals surface area contributed by atoms with Crippen LogP contribution in [0.3, 0.4) is 0 Å². The van der Waals surface area contributed by atoms with Gasteiger partial charge in [0.2, 0.25) is 0 Å². The predicted molar refractivity (Wildman–Crippen MR) is 83.5 cm³/mol. The van der Waals surface area contributed by atoms with E-state index in [2.05, 4.69) is 27.3 Å². The molecule has 1 N–H and O–H groups in total. The van der Waals surface area contributed by atoms with E-state index in [1.54, 1.807) is 0 Å². The largest absolute Gasteiger partial charge is 0.355 e. The molecule has 0 aliphatic carbocycles. The summed E-state index contributed by atoms with van der Waals surface area (Å²) in [5, 5.41) is 7.57. The molecule has 22 heavy (non-hydrogen) atoms. The van der Waals surface area contributed by atoms with Crippen LogP contribution in [0.5, 0.6) is 0 Å². The standard InChI is InChI=1S/C17H14ClN3O/c18-14-9-5-4-8-13(14)16-17(22-16,10-15-19-11-20-21-15)12-6-2-1-3-7-12/h1-9,11,16H,10H2,(H,19,20,21). The minimum Gasteiger partial charge on any atom is -0.355 e. The van der Waals surface area contributed by atoms with Crippen LogP contribution in [-0.4, -0.2) is 15.2 Å². The van der Waals surface area contributed by atoms with E-state index in [1.165, 1.54) is 6.33 Å². The number of rotatable bonds is 4. The molecule has 2 unspecified atom stereocenters. The Balaban J connectivity index is 1.74. The molecule has 2 aromatic carbocycles. The molecule has 0 amide bonds. The van der Waals surface area contributed by atoms with Crippen molar-refractivity contribution >= 4 is 11.6 Å². The summed E-state index contributed by atoms with van der Waals surface area (Å²) in [6, 6.07) is 18.0. The van der Waals surface area contributed by atoms with E-state index in [9.17, 15) is 0 Å². The molecule has 1 saturated heterocycles. The van der Waals surface area contributed by atoms with Gasteiger partial charge in [-0.1, -0.05) is 60.1 Å². The molecular formula is C17H14ClN3O. The van der Waals surface area contributed by atoms with Gasteiger partial charge in [-0.15, -0.1) is 0 Å².